The molecule has 1 rings (SSSR count). The number of aliphatic hydroxyl groups excluding tert-OH is 2. The first kappa shape index (κ1) is 18.9. The summed E-state index contributed by atoms with van der Waals surface area (Å²) < 4.78 is 9.58. The van der Waals surface area contributed by atoms with Crippen LogP contribution in [0.4, 0.5) is 4.79 Å². The second kappa shape index (κ2) is 7.89. The first-order chi connectivity index (χ1) is 10.6. The minimum absolute atomic E-state index is 0.149. The molecule has 0 saturated heterocycles. The van der Waals surface area contributed by atoms with E-state index in [1.165, 1.54) is 25.6 Å². The van der Waals surface area contributed by atoms with Gasteiger partial charge in [-0.2, -0.15) is 0 Å². The summed E-state index contributed by atoms with van der Waals surface area (Å²) in [6.07, 6.45) is -0.731. The molecule has 0 aliphatic carbocycles. The minimum Gasteiger partial charge on any atom is -0.465 e. The number of amides is 1. The Morgan fingerprint density at radius 3 is 2.52 bits per heavy atom. The second-order valence-electron chi connectivity index (χ2n) is 5.89. The highest BCUT2D eigenvalue weighted by atomic mass is 16.6. The van der Waals surface area contributed by atoms with Crippen LogP contribution < -0.4 is 5.32 Å². The number of rotatable bonds is 5. The highest BCUT2D eigenvalue weighted by Crippen LogP contribution is 2.17. The monoisotopic (exact) mass is 326 g/mol. The summed E-state index contributed by atoms with van der Waals surface area (Å²) in [5.41, 5.74) is -0.283. The van der Waals surface area contributed by atoms with Crippen molar-refractivity contribution in [2.75, 3.05) is 13.7 Å². The molecule has 8 nitrogen and oxygen atoms in total. The highest BCUT2D eigenvalue weighted by Gasteiger charge is 2.22. The third-order valence-electron chi connectivity index (χ3n) is 2.74. The number of aromatic nitrogens is 1. The van der Waals surface area contributed by atoms with E-state index in [0.717, 1.165) is 0 Å². The minimum atomic E-state index is -1.33. The SMILES string of the molecule is COC(=O)c1cncc(C(O)C(O)CNC(=O)OC(C)(C)C)c1. The van der Waals surface area contributed by atoms with Crippen molar-refractivity contribution in [3.05, 3.63) is 29.6 Å². The van der Waals surface area contributed by atoms with E-state index in [0.29, 0.717) is 0 Å². The van der Waals surface area contributed by atoms with E-state index in [1.54, 1.807) is 20.8 Å². The number of nitrogens with zero attached hydrogens (tertiary/aromatic N) is 1. The molecule has 23 heavy (non-hydrogen) atoms. The zero-order valence-corrected chi connectivity index (χ0v) is 13.6. The molecule has 3 N–H and O–H groups in total. The number of aliphatic hydroxyl groups is 2. The first-order valence-corrected chi connectivity index (χ1v) is 7.00. The van der Waals surface area contributed by atoms with Gasteiger partial charge in [-0.3, -0.25) is 4.98 Å². The number of carbonyl (C=O) groups excluding carboxylic acids is 2. The first-order valence-electron chi connectivity index (χ1n) is 7.00. The predicted molar refractivity (Wildman–Crippen MR) is 80.8 cm³/mol. The maximum Gasteiger partial charge on any atom is 0.407 e. The molecule has 128 valence electrons. The van der Waals surface area contributed by atoms with Crippen LogP contribution in [0, 0.1) is 0 Å². The fourth-order valence-electron chi connectivity index (χ4n) is 1.68. The molecule has 0 fully saturated rings. The van der Waals surface area contributed by atoms with Gasteiger partial charge in [0.15, 0.2) is 0 Å². The number of esters is 1. The Morgan fingerprint density at radius 2 is 1.96 bits per heavy atom. The van der Waals surface area contributed by atoms with E-state index in [-0.39, 0.29) is 17.7 Å². The zero-order chi connectivity index (χ0) is 17.6. The summed E-state index contributed by atoms with van der Waals surface area (Å²) in [6, 6.07) is 1.36. The summed E-state index contributed by atoms with van der Waals surface area (Å²) in [5.74, 6) is -0.604. The van der Waals surface area contributed by atoms with Crippen molar-refractivity contribution in [2.24, 2.45) is 0 Å². The molecular weight excluding hydrogens is 304 g/mol. The smallest absolute Gasteiger partial charge is 0.407 e. The molecule has 0 radical (unpaired) electrons. The molecule has 1 aromatic heterocycles. The molecule has 0 aliphatic heterocycles. The fraction of sp³-hybridized carbons (Fsp3) is 0.533. The molecule has 0 spiro atoms. The lowest BCUT2D eigenvalue weighted by Crippen LogP contribution is -2.38. The summed E-state index contributed by atoms with van der Waals surface area (Å²) in [6.45, 7) is 4.91. The van der Waals surface area contributed by atoms with Crippen molar-refractivity contribution in [2.45, 2.75) is 38.6 Å². The molecule has 1 aromatic rings. The molecular formula is C15H22N2O6. The van der Waals surface area contributed by atoms with Gasteiger partial charge in [0.25, 0.3) is 0 Å². The van der Waals surface area contributed by atoms with Crippen LogP contribution in [0.1, 0.15) is 42.8 Å². The van der Waals surface area contributed by atoms with Gasteiger partial charge in [-0.25, -0.2) is 9.59 Å². The number of hydrogen-bond donors (Lipinski definition) is 3. The second-order valence-corrected chi connectivity index (χ2v) is 5.89. The van der Waals surface area contributed by atoms with Crippen molar-refractivity contribution < 1.29 is 29.3 Å². The van der Waals surface area contributed by atoms with Crippen LogP contribution in [0.5, 0.6) is 0 Å². The van der Waals surface area contributed by atoms with Gasteiger partial charge in [0.05, 0.1) is 12.7 Å². The van der Waals surface area contributed by atoms with Gasteiger partial charge in [0, 0.05) is 24.5 Å². The van der Waals surface area contributed by atoms with E-state index in [9.17, 15) is 19.8 Å². The molecule has 0 aromatic carbocycles. The Balaban J connectivity index is 2.65. The molecule has 0 aliphatic rings. The van der Waals surface area contributed by atoms with Gasteiger partial charge in [-0.05, 0) is 26.8 Å². The van der Waals surface area contributed by atoms with E-state index < -0.39 is 29.9 Å². The largest absolute Gasteiger partial charge is 0.465 e. The van der Waals surface area contributed by atoms with Crippen LogP contribution in [0.25, 0.3) is 0 Å². The normalized spacial score (nSPS) is 13.8. The average Bonchev–Trinajstić information content (AvgIpc) is 2.49. The van der Waals surface area contributed by atoms with Gasteiger partial charge in [-0.15, -0.1) is 0 Å². The summed E-state index contributed by atoms with van der Waals surface area (Å²) >= 11 is 0. The van der Waals surface area contributed by atoms with Crippen molar-refractivity contribution in [1.29, 1.82) is 0 Å². The Labute approximate surface area is 134 Å². The van der Waals surface area contributed by atoms with Gasteiger partial charge >= 0.3 is 12.1 Å². The summed E-state index contributed by atoms with van der Waals surface area (Å²) in [5, 5.41) is 22.4. The standard InChI is InChI=1S/C15H22N2O6/c1-15(2,3)23-14(21)17-8-11(18)12(19)9-5-10(7-16-6-9)13(20)22-4/h5-7,11-12,18-19H,8H2,1-4H3,(H,17,21). The van der Waals surface area contributed by atoms with Crippen LogP contribution in [0.15, 0.2) is 18.5 Å². The third kappa shape index (κ3) is 6.21. The highest BCUT2D eigenvalue weighted by molar-refractivity contribution is 5.89. The Bertz CT molecular complexity index is 555. The van der Waals surface area contributed by atoms with Crippen LogP contribution in [-0.2, 0) is 9.47 Å². The molecule has 1 amide bonds. The maximum absolute atomic E-state index is 11.5. The van der Waals surface area contributed by atoms with Crippen LogP contribution in [0.3, 0.4) is 0 Å². The number of pyridine rings is 1. The number of carbonyl (C=O) groups is 2. The van der Waals surface area contributed by atoms with Crippen LogP contribution in [-0.4, -0.2) is 52.6 Å². The lowest BCUT2D eigenvalue weighted by Gasteiger charge is -2.22. The van der Waals surface area contributed by atoms with Gasteiger partial charge < -0.3 is 25.0 Å². The Morgan fingerprint density at radius 1 is 1.30 bits per heavy atom. The lowest BCUT2D eigenvalue weighted by molar-refractivity contribution is 0.0127. The topological polar surface area (TPSA) is 118 Å². The van der Waals surface area contributed by atoms with Crippen molar-refractivity contribution in [3.8, 4) is 0 Å². The Kier molecular flexibility index (Phi) is 6.47. The van der Waals surface area contributed by atoms with Gasteiger partial charge in [0.2, 0.25) is 0 Å². The van der Waals surface area contributed by atoms with Crippen LogP contribution in [0.2, 0.25) is 0 Å². The van der Waals surface area contributed by atoms with Gasteiger partial charge in [-0.1, -0.05) is 0 Å². The number of ether oxygens (including phenoxy) is 2. The number of alkyl carbamates (subject to hydrolysis) is 1. The number of hydrogen-bond acceptors (Lipinski definition) is 7. The summed E-state index contributed by atoms with van der Waals surface area (Å²) in [7, 11) is 1.23. The molecule has 2 unspecified atom stereocenters. The predicted octanol–water partition coefficient (Wildman–Crippen LogP) is 0.787. The molecule has 0 saturated carbocycles. The lowest BCUT2D eigenvalue weighted by atomic mass is 10.0. The van der Waals surface area contributed by atoms with Crippen LogP contribution >= 0.6 is 0 Å². The summed E-state index contributed by atoms with van der Waals surface area (Å²) in [4.78, 5) is 26.7. The molecule has 2 atom stereocenters. The van der Waals surface area contributed by atoms with E-state index in [4.69, 9.17) is 4.74 Å². The maximum atomic E-state index is 11.5. The Hall–Kier alpha value is -2.19. The van der Waals surface area contributed by atoms with E-state index in [1.807, 2.05) is 0 Å². The van der Waals surface area contributed by atoms with Crippen molar-refractivity contribution in [1.82, 2.24) is 10.3 Å². The van der Waals surface area contributed by atoms with E-state index in [2.05, 4.69) is 15.0 Å². The quantitative estimate of drug-likeness (QED) is 0.684. The average molecular weight is 326 g/mol. The molecule has 0 bridgehead atoms. The zero-order valence-electron chi connectivity index (χ0n) is 13.6. The third-order valence-corrected chi connectivity index (χ3v) is 2.74. The molecule has 1 heterocycles. The van der Waals surface area contributed by atoms with Crippen molar-refractivity contribution >= 4 is 12.1 Å². The molecule has 8 heteroatoms. The fourth-order valence-corrected chi connectivity index (χ4v) is 1.68. The van der Waals surface area contributed by atoms with Crippen molar-refractivity contribution in [3.63, 3.8) is 0 Å². The van der Waals surface area contributed by atoms with E-state index >= 15 is 0 Å². The van der Waals surface area contributed by atoms with Gasteiger partial charge in [0.1, 0.15) is 17.8 Å². The number of nitrogens with one attached hydrogen (secondary N) is 1. The number of methoxy groups -OCH3 is 1.